The SMILES string of the molecule is CN1C(=O)NC(=O)C(Cl)(c2ccccc2)C1=O. The molecule has 2 rings (SSSR count). The van der Waals surface area contributed by atoms with E-state index in [-0.39, 0.29) is 0 Å². The second-order valence-corrected chi connectivity index (χ2v) is 4.21. The summed E-state index contributed by atoms with van der Waals surface area (Å²) in [6.45, 7) is 0. The number of benzene rings is 1. The highest BCUT2D eigenvalue weighted by molar-refractivity contribution is 6.48. The topological polar surface area (TPSA) is 66.5 Å². The number of rotatable bonds is 1. The van der Waals surface area contributed by atoms with Gasteiger partial charge in [-0.25, -0.2) is 4.79 Å². The Morgan fingerprint density at radius 3 is 2.35 bits per heavy atom. The number of imide groups is 2. The number of carbonyl (C=O) groups excluding carboxylic acids is 3. The molecule has 1 aromatic rings. The van der Waals surface area contributed by atoms with Gasteiger partial charge in [-0.05, 0) is 5.56 Å². The lowest BCUT2D eigenvalue weighted by atomic mass is 9.94. The van der Waals surface area contributed by atoms with Crippen molar-refractivity contribution in [2.24, 2.45) is 0 Å². The van der Waals surface area contributed by atoms with Gasteiger partial charge in [0, 0.05) is 7.05 Å². The standard InChI is InChI=1S/C11H9ClN2O3/c1-14-9(16)11(12,8(15)13-10(14)17)7-5-3-2-4-6-7/h2-6H,1H3,(H,13,15,17). The summed E-state index contributed by atoms with van der Waals surface area (Å²) < 4.78 is 0. The van der Waals surface area contributed by atoms with Crippen molar-refractivity contribution in [1.82, 2.24) is 10.2 Å². The van der Waals surface area contributed by atoms with Crippen molar-refractivity contribution in [3.8, 4) is 0 Å². The van der Waals surface area contributed by atoms with Gasteiger partial charge in [0.15, 0.2) is 0 Å². The summed E-state index contributed by atoms with van der Waals surface area (Å²) in [6, 6.07) is 7.42. The zero-order chi connectivity index (χ0) is 12.6. The minimum atomic E-state index is -1.87. The summed E-state index contributed by atoms with van der Waals surface area (Å²) >= 11 is 6.11. The molecule has 0 radical (unpaired) electrons. The van der Waals surface area contributed by atoms with Gasteiger partial charge in [-0.2, -0.15) is 0 Å². The van der Waals surface area contributed by atoms with E-state index in [1.807, 2.05) is 5.32 Å². The van der Waals surface area contributed by atoms with Gasteiger partial charge in [0.05, 0.1) is 0 Å². The van der Waals surface area contributed by atoms with E-state index in [1.165, 1.54) is 7.05 Å². The van der Waals surface area contributed by atoms with E-state index < -0.39 is 22.7 Å². The van der Waals surface area contributed by atoms with E-state index in [0.717, 1.165) is 4.90 Å². The molecule has 6 heteroatoms. The Morgan fingerprint density at radius 1 is 1.18 bits per heavy atom. The molecule has 0 aromatic heterocycles. The van der Waals surface area contributed by atoms with Crippen molar-refractivity contribution >= 4 is 29.4 Å². The van der Waals surface area contributed by atoms with Crippen LogP contribution in [0.4, 0.5) is 4.79 Å². The molecule has 0 bridgehead atoms. The van der Waals surface area contributed by atoms with Crippen LogP contribution in [0.25, 0.3) is 0 Å². The Hall–Kier alpha value is -1.88. The van der Waals surface area contributed by atoms with Crippen LogP contribution in [0, 0.1) is 0 Å². The van der Waals surface area contributed by atoms with Crippen molar-refractivity contribution < 1.29 is 14.4 Å². The van der Waals surface area contributed by atoms with Crippen molar-refractivity contribution in [1.29, 1.82) is 0 Å². The molecule has 1 unspecified atom stereocenters. The number of nitrogens with zero attached hydrogens (tertiary/aromatic N) is 1. The number of barbiturate groups is 1. The van der Waals surface area contributed by atoms with E-state index in [4.69, 9.17) is 11.6 Å². The summed E-state index contributed by atoms with van der Waals surface area (Å²) in [5, 5.41) is 2.04. The summed E-state index contributed by atoms with van der Waals surface area (Å²) in [5.74, 6) is -1.57. The number of halogens is 1. The molecular weight excluding hydrogens is 244 g/mol. The summed E-state index contributed by atoms with van der Waals surface area (Å²) in [6.07, 6.45) is 0. The van der Waals surface area contributed by atoms with Crippen LogP contribution in [0.1, 0.15) is 5.56 Å². The zero-order valence-corrected chi connectivity index (χ0v) is 9.69. The molecule has 88 valence electrons. The number of alkyl halides is 1. The van der Waals surface area contributed by atoms with Crippen LogP contribution in [0.5, 0.6) is 0 Å². The fraction of sp³-hybridized carbons (Fsp3) is 0.182. The summed E-state index contributed by atoms with van der Waals surface area (Å²) in [4.78, 5) is 33.9. The first kappa shape index (κ1) is 11.6. The monoisotopic (exact) mass is 252 g/mol. The van der Waals surface area contributed by atoms with Crippen molar-refractivity contribution in [3.05, 3.63) is 35.9 Å². The molecule has 5 nitrogen and oxygen atoms in total. The molecule has 0 spiro atoms. The molecular formula is C11H9ClN2O3. The van der Waals surface area contributed by atoms with Crippen LogP contribution in [0.2, 0.25) is 0 Å². The maximum absolute atomic E-state index is 12.0. The Bertz CT molecular complexity index is 503. The van der Waals surface area contributed by atoms with E-state index in [9.17, 15) is 14.4 Å². The van der Waals surface area contributed by atoms with Gasteiger partial charge in [0.25, 0.3) is 11.8 Å². The van der Waals surface area contributed by atoms with Gasteiger partial charge in [-0.15, -0.1) is 0 Å². The van der Waals surface area contributed by atoms with Crippen LogP contribution in [-0.4, -0.2) is 29.8 Å². The first-order valence-electron chi connectivity index (χ1n) is 4.86. The first-order chi connectivity index (χ1) is 7.98. The maximum atomic E-state index is 12.0. The molecule has 1 saturated heterocycles. The second kappa shape index (κ2) is 3.85. The van der Waals surface area contributed by atoms with Crippen molar-refractivity contribution in [2.45, 2.75) is 4.87 Å². The third-order valence-electron chi connectivity index (χ3n) is 2.61. The molecule has 0 saturated carbocycles. The lowest BCUT2D eigenvalue weighted by Crippen LogP contribution is -2.62. The van der Waals surface area contributed by atoms with Crippen molar-refractivity contribution in [3.63, 3.8) is 0 Å². The Balaban J connectivity index is 2.52. The number of nitrogens with one attached hydrogen (secondary N) is 1. The Labute approximate surface area is 102 Å². The minimum absolute atomic E-state index is 0.337. The number of urea groups is 1. The number of carbonyl (C=O) groups is 3. The highest BCUT2D eigenvalue weighted by atomic mass is 35.5. The smallest absolute Gasteiger partial charge is 0.275 e. The normalized spacial score (nSPS) is 24.8. The van der Waals surface area contributed by atoms with Gasteiger partial charge < -0.3 is 0 Å². The fourth-order valence-corrected chi connectivity index (χ4v) is 1.91. The molecule has 1 aromatic carbocycles. The molecule has 1 N–H and O–H groups in total. The summed E-state index contributed by atoms with van der Waals surface area (Å²) in [5.41, 5.74) is 0.337. The number of amides is 4. The molecule has 17 heavy (non-hydrogen) atoms. The fourth-order valence-electron chi connectivity index (χ4n) is 1.61. The summed E-state index contributed by atoms with van der Waals surface area (Å²) in [7, 11) is 1.27. The highest BCUT2D eigenvalue weighted by Gasteiger charge is 2.53. The third kappa shape index (κ3) is 1.59. The van der Waals surface area contributed by atoms with E-state index in [1.54, 1.807) is 30.3 Å². The molecule has 1 aliphatic rings. The van der Waals surface area contributed by atoms with Crippen LogP contribution in [-0.2, 0) is 14.5 Å². The van der Waals surface area contributed by atoms with Crippen molar-refractivity contribution in [2.75, 3.05) is 7.05 Å². The lowest BCUT2D eigenvalue weighted by molar-refractivity contribution is -0.140. The minimum Gasteiger partial charge on any atom is -0.275 e. The Morgan fingerprint density at radius 2 is 1.76 bits per heavy atom. The number of likely N-dealkylation sites (N-methyl/N-ethyl adjacent to an activating group) is 1. The van der Waals surface area contributed by atoms with Gasteiger partial charge in [-0.3, -0.25) is 19.8 Å². The predicted octanol–water partition coefficient (Wildman–Crippen LogP) is 0.829. The highest BCUT2D eigenvalue weighted by Crippen LogP contribution is 2.33. The number of hydrogen-bond donors (Lipinski definition) is 1. The van der Waals surface area contributed by atoms with Crippen LogP contribution in [0.15, 0.2) is 30.3 Å². The molecule has 1 fully saturated rings. The predicted molar refractivity (Wildman–Crippen MR) is 60.3 cm³/mol. The van der Waals surface area contributed by atoms with E-state index in [2.05, 4.69) is 0 Å². The van der Waals surface area contributed by atoms with Gasteiger partial charge in [0.2, 0.25) is 4.87 Å². The van der Waals surface area contributed by atoms with Gasteiger partial charge in [0.1, 0.15) is 0 Å². The van der Waals surface area contributed by atoms with E-state index in [0.29, 0.717) is 5.56 Å². The Kier molecular flexibility index (Phi) is 2.63. The maximum Gasteiger partial charge on any atom is 0.330 e. The zero-order valence-electron chi connectivity index (χ0n) is 8.94. The van der Waals surface area contributed by atoms with Gasteiger partial charge in [-0.1, -0.05) is 41.9 Å². The van der Waals surface area contributed by atoms with E-state index >= 15 is 0 Å². The third-order valence-corrected chi connectivity index (χ3v) is 3.16. The number of hydrogen-bond acceptors (Lipinski definition) is 3. The average molecular weight is 253 g/mol. The average Bonchev–Trinajstić information content (AvgIpc) is 2.35. The molecule has 4 amide bonds. The van der Waals surface area contributed by atoms with Crippen LogP contribution < -0.4 is 5.32 Å². The quantitative estimate of drug-likeness (QED) is 0.595. The largest absolute Gasteiger partial charge is 0.330 e. The lowest BCUT2D eigenvalue weighted by Gasteiger charge is -2.33. The van der Waals surface area contributed by atoms with Crippen LogP contribution in [0.3, 0.4) is 0 Å². The molecule has 1 aliphatic heterocycles. The molecule has 1 heterocycles. The molecule has 0 aliphatic carbocycles. The molecule has 1 atom stereocenters. The first-order valence-corrected chi connectivity index (χ1v) is 5.23. The van der Waals surface area contributed by atoms with Gasteiger partial charge >= 0.3 is 6.03 Å². The second-order valence-electron chi connectivity index (χ2n) is 3.65. The van der Waals surface area contributed by atoms with Crippen LogP contribution >= 0.6 is 11.6 Å².